The Morgan fingerprint density at radius 3 is 2.91 bits per heavy atom. The monoisotopic (exact) mass is 305 g/mol. The minimum absolute atomic E-state index is 0.123. The average Bonchev–Trinajstić information content (AvgIpc) is 3.01. The van der Waals surface area contributed by atoms with Gasteiger partial charge in [0.25, 0.3) is 0 Å². The summed E-state index contributed by atoms with van der Waals surface area (Å²) in [5, 5.41) is 43.8. The van der Waals surface area contributed by atoms with Crippen molar-refractivity contribution in [3.63, 3.8) is 0 Å². The molecule has 0 saturated carbocycles. The van der Waals surface area contributed by atoms with Crippen LogP contribution in [0.5, 0.6) is 0 Å². The van der Waals surface area contributed by atoms with E-state index in [0.29, 0.717) is 11.3 Å². The van der Waals surface area contributed by atoms with Crippen LogP contribution in [0, 0.1) is 11.3 Å². The number of imidazole rings is 1. The Morgan fingerprint density at radius 1 is 1.59 bits per heavy atom. The highest BCUT2D eigenvalue weighted by molar-refractivity contribution is 5.64. The predicted octanol–water partition coefficient (Wildman–Crippen LogP) is -1.47. The van der Waals surface area contributed by atoms with Crippen LogP contribution in [0.25, 0.3) is 5.65 Å². The standard InChI is InChI=1S/C13H15N5O4/c1-12(21)10(20)8(5-19)22-13(12,6-14)9-4-16-11-7(15)2-3-17-18(9)11/h2-4,8,10,19-21H,5,15H2,1H3/t8-,10-,12-,13+/m1/s1. The smallest absolute Gasteiger partial charge is 0.229 e. The van der Waals surface area contributed by atoms with Crippen molar-refractivity contribution in [1.29, 1.82) is 5.26 Å². The molecule has 9 heteroatoms. The van der Waals surface area contributed by atoms with E-state index in [-0.39, 0.29) is 5.69 Å². The Hall–Kier alpha value is -2.25. The highest BCUT2D eigenvalue weighted by Crippen LogP contribution is 2.46. The number of anilines is 1. The molecule has 0 aromatic carbocycles. The molecule has 1 saturated heterocycles. The highest BCUT2D eigenvalue weighted by Gasteiger charge is 2.65. The first-order valence-electron chi connectivity index (χ1n) is 6.58. The Labute approximate surface area is 125 Å². The fourth-order valence-corrected chi connectivity index (χ4v) is 2.79. The van der Waals surface area contributed by atoms with E-state index in [2.05, 4.69) is 10.1 Å². The minimum atomic E-state index is -1.97. The molecule has 5 N–H and O–H groups in total. The number of rotatable bonds is 2. The molecule has 1 aliphatic heterocycles. The molecule has 0 unspecified atom stereocenters. The molecule has 2 aromatic rings. The van der Waals surface area contributed by atoms with Crippen LogP contribution in [0.4, 0.5) is 5.69 Å². The molecule has 9 nitrogen and oxygen atoms in total. The fraction of sp³-hybridized carbons (Fsp3) is 0.462. The zero-order chi connectivity index (χ0) is 16.1. The van der Waals surface area contributed by atoms with Gasteiger partial charge in [-0.2, -0.15) is 10.4 Å². The van der Waals surface area contributed by atoms with Gasteiger partial charge in [-0.25, -0.2) is 9.50 Å². The molecule has 2 aromatic heterocycles. The summed E-state index contributed by atoms with van der Waals surface area (Å²) in [6, 6.07) is 3.44. The van der Waals surface area contributed by atoms with Crippen molar-refractivity contribution in [2.45, 2.75) is 30.3 Å². The van der Waals surface area contributed by atoms with Crippen molar-refractivity contribution in [2.75, 3.05) is 12.3 Å². The van der Waals surface area contributed by atoms with Gasteiger partial charge in [-0.1, -0.05) is 0 Å². The van der Waals surface area contributed by atoms with Gasteiger partial charge in [0.2, 0.25) is 5.60 Å². The number of ether oxygens (including phenoxy) is 1. The summed E-state index contributed by atoms with van der Waals surface area (Å²) in [4.78, 5) is 4.09. The molecule has 4 atom stereocenters. The Bertz CT molecular complexity index is 767. The Balaban J connectivity index is 2.27. The number of aliphatic hydroxyl groups is 3. The van der Waals surface area contributed by atoms with Crippen LogP contribution in [-0.2, 0) is 10.3 Å². The number of hydrogen-bond donors (Lipinski definition) is 4. The quantitative estimate of drug-likeness (QED) is 0.525. The van der Waals surface area contributed by atoms with E-state index < -0.39 is 30.0 Å². The summed E-state index contributed by atoms with van der Waals surface area (Å²) >= 11 is 0. The molecular formula is C13H15N5O4. The third-order valence-electron chi connectivity index (χ3n) is 4.10. The SMILES string of the molecule is C[C@@]1(O)[C@H](O)[C@@H](CO)O[C@@]1(C#N)c1cnc2c(N)ccnn12. The number of aromatic nitrogens is 3. The fourth-order valence-electron chi connectivity index (χ4n) is 2.79. The van der Waals surface area contributed by atoms with Crippen LogP contribution in [0.1, 0.15) is 12.6 Å². The van der Waals surface area contributed by atoms with Crippen molar-refractivity contribution >= 4 is 11.3 Å². The topological polar surface area (TPSA) is 150 Å². The lowest BCUT2D eigenvalue weighted by Gasteiger charge is -2.32. The lowest BCUT2D eigenvalue weighted by molar-refractivity contribution is -0.109. The maximum absolute atomic E-state index is 10.7. The molecule has 3 rings (SSSR count). The third kappa shape index (κ3) is 1.60. The van der Waals surface area contributed by atoms with Gasteiger partial charge in [-0.05, 0) is 13.0 Å². The predicted molar refractivity (Wildman–Crippen MR) is 73.3 cm³/mol. The average molecular weight is 305 g/mol. The van der Waals surface area contributed by atoms with Gasteiger partial charge in [-0.3, -0.25) is 0 Å². The second-order valence-corrected chi connectivity index (χ2v) is 5.39. The number of aliphatic hydroxyl groups excluding tert-OH is 2. The molecule has 3 heterocycles. The van der Waals surface area contributed by atoms with Gasteiger partial charge in [0.05, 0.1) is 24.7 Å². The van der Waals surface area contributed by atoms with Crippen LogP contribution in [0.15, 0.2) is 18.5 Å². The zero-order valence-electron chi connectivity index (χ0n) is 11.7. The summed E-state index contributed by atoms with van der Waals surface area (Å²) in [5.74, 6) is 0. The lowest BCUT2D eigenvalue weighted by Crippen LogP contribution is -2.52. The molecule has 0 aliphatic carbocycles. The van der Waals surface area contributed by atoms with E-state index in [1.165, 1.54) is 23.8 Å². The van der Waals surface area contributed by atoms with Crippen molar-refractivity contribution in [2.24, 2.45) is 0 Å². The molecule has 1 fully saturated rings. The van der Waals surface area contributed by atoms with Gasteiger partial charge in [0.15, 0.2) is 5.65 Å². The zero-order valence-corrected chi connectivity index (χ0v) is 11.7. The number of nitriles is 1. The van der Waals surface area contributed by atoms with E-state index in [9.17, 15) is 20.6 Å². The Morgan fingerprint density at radius 2 is 2.32 bits per heavy atom. The van der Waals surface area contributed by atoms with Gasteiger partial charge in [0.1, 0.15) is 29.6 Å². The maximum atomic E-state index is 10.7. The lowest BCUT2D eigenvalue weighted by atomic mass is 9.80. The summed E-state index contributed by atoms with van der Waals surface area (Å²) in [6.07, 6.45) is 0.162. The number of fused-ring (bicyclic) bond motifs is 1. The molecule has 0 radical (unpaired) electrons. The first-order chi connectivity index (χ1) is 10.4. The van der Waals surface area contributed by atoms with Crippen LogP contribution in [0.3, 0.4) is 0 Å². The van der Waals surface area contributed by atoms with E-state index in [1.54, 1.807) is 6.07 Å². The molecule has 0 bridgehead atoms. The van der Waals surface area contributed by atoms with Crippen molar-refractivity contribution in [3.8, 4) is 6.07 Å². The van der Waals surface area contributed by atoms with Crippen molar-refractivity contribution in [1.82, 2.24) is 14.6 Å². The molecule has 0 amide bonds. The second kappa shape index (κ2) is 4.62. The normalized spacial score (nSPS) is 34.9. The van der Waals surface area contributed by atoms with Crippen molar-refractivity contribution in [3.05, 3.63) is 24.2 Å². The first kappa shape index (κ1) is 14.7. The minimum Gasteiger partial charge on any atom is -0.396 e. The number of nitrogens with two attached hydrogens (primary N) is 1. The third-order valence-corrected chi connectivity index (χ3v) is 4.10. The number of nitrogens with zero attached hydrogens (tertiary/aromatic N) is 4. The van der Waals surface area contributed by atoms with Gasteiger partial charge >= 0.3 is 0 Å². The van der Waals surface area contributed by atoms with E-state index in [4.69, 9.17) is 10.5 Å². The van der Waals surface area contributed by atoms with Gasteiger partial charge in [0, 0.05) is 0 Å². The van der Waals surface area contributed by atoms with Crippen LogP contribution >= 0.6 is 0 Å². The molecule has 116 valence electrons. The summed E-state index contributed by atoms with van der Waals surface area (Å²) in [6.45, 7) is 0.718. The van der Waals surface area contributed by atoms with Crippen LogP contribution < -0.4 is 5.73 Å². The molecule has 0 spiro atoms. The first-order valence-corrected chi connectivity index (χ1v) is 6.58. The van der Waals surface area contributed by atoms with E-state index in [0.717, 1.165) is 0 Å². The van der Waals surface area contributed by atoms with Crippen LogP contribution in [0.2, 0.25) is 0 Å². The largest absolute Gasteiger partial charge is 0.396 e. The summed E-state index contributed by atoms with van der Waals surface area (Å²) in [5.41, 5.74) is 2.64. The number of hydrogen-bond acceptors (Lipinski definition) is 8. The number of nitrogen functional groups attached to an aromatic ring is 1. The molecular weight excluding hydrogens is 290 g/mol. The summed E-state index contributed by atoms with van der Waals surface area (Å²) < 4.78 is 6.79. The van der Waals surface area contributed by atoms with Gasteiger partial charge < -0.3 is 25.8 Å². The second-order valence-electron chi connectivity index (χ2n) is 5.39. The van der Waals surface area contributed by atoms with Crippen molar-refractivity contribution < 1.29 is 20.1 Å². The highest BCUT2D eigenvalue weighted by atomic mass is 16.6. The summed E-state index contributed by atoms with van der Waals surface area (Å²) in [7, 11) is 0. The maximum Gasteiger partial charge on any atom is 0.229 e. The van der Waals surface area contributed by atoms with E-state index in [1.807, 2.05) is 6.07 Å². The van der Waals surface area contributed by atoms with Crippen LogP contribution in [-0.4, -0.2) is 54.3 Å². The Kier molecular flexibility index (Phi) is 3.08. The molecule has 22 heavy (non-hydrogen) atoms. The van der Waals surface area contributed by atoms with Gasteiger partial charge in [-0.15, -0.1) is 0 Å². The van der Waals surface area contributed by atoms with E-state index >= 15 is 0 Å². The molecule has 1 aliphatic rings.